The lowest BCUT2D eigenvalue weighted by atomic mass is 9.94. The van der Waals surface area contributed by atoms with Crippen LogP contribution in [0.1, 0.15) is 38.2 Å². The van der Waals surface area contributed by atoms with Crippen molar-refractivity contribution in [2.24, 2.45) is 0 Å². The summed E-state index contributed by atoms with van der Waals surface area (Å²) in [5.41, 5.74) is 0.985. The Morgan fingerprint density at radius 2 is 2.10 bits per heavy atom. The van der Waals surface area contributed by atoms with E-state index in [1.807, 2.05) is 18.2 Å². The first kappa shape index (κ1) is 13.6. The molecule has 3 heteroatoms. The molecule has 1 saturated carbocycles. The molecule has 0 spiro atoms. The highest BCUT2D eigenvalue weighted by atomic mass is 16.2. The van der Waals surface area contributed by atoms with Crippen molar-refractivity contribution >= 4 is 5.91 Å². The third-order valence-corrected chi connectivity index (χ3v) is 4.76. The molecule has 1 aromatic carbocycles. The fourth-order valence-electron chi connectivity index (χ4n) is 3.35. The minimum atomic E-state index is -0.212. The van der Waals surface area contributed by atoms with E-state index in [2.05, 4.69) is 29.3 Å². The van der Waals surface area contributed by atoms with Crippen molar-refractivity contribution in [2.75, 3.05) is 19.6 Å². The lowest BCUT2D eigenvalue weighted by Gasteiger charge is -2.29. The van der Waals surface area contributed by atoms with Gasteiger partial charge in [0.25, 0.3) is 0 Å². The Morgan fingerprint density at radius 3 is 2.65 bits per heavy atom. The second-order valence-electron chi connectivity index (χ2n) is 6.09. The predicted octanol–water partition coefficient (Wildman–Crippen LogP) is 2.32. The van der Waals surface area contributed by atoms with Gasteiger partial charge in [-0.2, -0.15) is 0 Å². The summed E-state index contributed by atoms with van der Waals surface area (Å²) in [6, 6.07) is 10.8. The molecule has 1 aromatic rings. The molecule has 2 aliphatic rings. The van der Waals surface area contributed by atoms with Gasteiger partial charge in [-0.25, -0.2) is 0 Å². The molecule has 108 valence electrons. The topological polar surface area (TPSA) is 32.3 Å². The predicted molar refractivity (Wildman–Crippen MR) is 80.6 cm³/mol. The maximum absolute atomic E-state index is 12.9. The third-order valence-electron chi connectivity index (χ3n) is 4.76. The van der Waals surface area contributed by atoms with Crippen LogP contribution in [0.5, 0.6) is 0 Å². The first-order valence-electron chi connectivity index (χ1n) is 7.84. The van der Waals surface area contributed by atoms with Crippen LogP contribution in [-0.4, -0.2) is 36.5 Å². The molecule has 3 nitrogen and oxygen atoms in total. The fourth-order valence-corrected chi connectivity index (χ4v) is 3.35. The lowest BCUT2D eigenvalue weighted by molar-refractivity contribution is -0.134. The van der Waals surface area contributed by atoms with E-state index >= 15 is 0 Å². The standard InChI is InChI=1S/C17H24N2O/c1-2-19(13-15-9-6-12-18-15)16(20)17(10-11-17)14-7-4-3-5-8-14/h3-5,7-8,15,18H,2,6,9-13H2,1H3. The van der Waals surface area contributed by atoms with E-state index in [4.69, 9.17) is 0 Å². The molecular weight excluding hydrogens is 248 g/mol. The normalized spacial score (nSPS) is 23.6. The molecule has 2 fully saturated rings. The number of hydrogen-bond donors (Lipinski definition) is 1. The van der Waals surface area contributed by atoms with Gasteiger partial charge in [0.05, 0.1) is 5.41 Å². The quantitative estimate of drug-likeness (QED) is 0.892. The Bertz CT molecular complexity index is 461. The largest absolute Gasteiger partial charge is 0.341 e. The lowest BCUT2D eigenvalue weighted by Crippen LogP contribution is -2.45. The molecule has 1 saturated heterocycles. The number of benzene rings is 1. The summed E-state index contributed by atoms with van der Waals surface area (Å²) >= 11 is 0. The highest BCUT2D eigenvalue weighted by Crippen LogP contribution is 2.49. The SMILES string of the molecule is CCN(CC1CCCN1)C(=O)C1(c2ccccc2)CC1. The van der Waals surface area contributed by atoms with Gasteiger partial charge in [-0.15, -0.1) is 0 Å². The van der Waals surface area contributed by atoms with Gasteiger partial charge in [-0.1, -0.05) is 30.3 Å². The highest BCUT2D eigenvalue weighted by molar-refractivity contribution is 5.91. The van der Waals surface area contributed by atoms with Crippen molar-refractivity contribution in [3.05, 3.63) is 35.9 Å². The summed E-state index contributed by atoms with van der Waals surface area (Å²) in [6.07, 6.45) is 4.44. The van der Waals surface area contributed by atoms with Crippen LogP contribution in [0.4, 0.5) is 0 Å². The maximum Gasteiger partial charge on any atom is 0.233 e. The number of nitrogens with one attached hydrogen (secondary N) is 1. The number of rotatable bonds is 5. The van der Waals surface area contributed by atoms with Crippen LogP contribution in [0.15, 0.2) is 30.3 Å². The first-order valence-corrected chi connectivity index (χ1v) is 7.84. The number of hydrogen-bond acceptors (Lipinski definition) is 2. The molecule has 1 atom stereocenters. The van der Waals surface area contributed by atoms with E-state index in [1.54, 1.807) is 0 Å². The maximum atomic E-state index is 12.9. The van der Waals surface area contributed by atoms with Gasteiger partial charge < -0.3 is 10.2 Å². The van der Waals surface area contributed by atoms with Gasteiger partial charge in [-0.05, 0) is 44.7 Å². The van der Waals surface area contributed by atoms with Crippen molar-refractivity contribution in [1.29, 1.82) is 0 Å². The third kappa shape index (κ3) is 2.47. The number of carbonyl (C=O) groups is 1. The van der Waals surface area contributed by atoms with Gasteiger partial charge in [-0.3, -0.25) is 4.79 Å². The Balaban J connectivity index is 1.73. The molecule has 1 N–H and O–H groups in total. The summed E-state index contributed by atoms with van der Waals surface area (Å²) in [6.45, 7) is 4.86. The molecule has 0 radical (unpaired) electrons. The zero-order chi connectivity index (χ0) is 14.0. The first-order chi connectivity index (χ1) is 9.76. The monoisotopic (exact) mass is 272 g/mol. The second-order valence-corrected chi connectivity index (χ2v) is 6.09. The highest BCUT2D eigenvalue weighted by Gasteiger charge is 2.52. The van der Waals surface area contributed by atoms with Crippen LogP contribution in [0, 0.1) is 0 Å². The number of likely N-dealkylation sites (N-methyl/N-ethyl adjacent to an activating group) is 1. The molecule has 1 unspecified atom stereocenters. The summed E-state index contributed by atoms with van der Waals surface area (Å²) in [5.74, 6) is 0.333. The van der Waals surface area contributed by atoms with E-state index in [0.717, 1.165) is 32.5 Å². The summed E-state index contributed by atoms with van der Waals surface area (Å²) in [4.78, 5) is 15.0. The molecule has 1 amide bonds. The molecule has 1 aliphatic carbocycles. The molecule has 1 heterocycles. The molecule has 0 aromatic heterocycles. The average molecular weight is 272 g/mol. The molecule has 20 heavy (non-hydrogen) atoms. The second kappa shape index (κ2) is 5.57. The number of carbonyl (C=O) groups excluding carboxylic acids is 1. The van der Waals surface area contributed by atoms with Gasteiger partial charge in [0, 0.05) is 19.1 Å². The van der Waals surface area contributed by atoms with Crippen molar-refractivity contribution < 1.29 is 4.79 Å². The van der Waals surface area contributed by atoms with Crippen molar-refractivity contribution in [3.63, 3.8) is 0 Å². The zero-order valence-corrected chi connectivity index (χ0v) is 12.3. The van der Waals surface area contributed by atoms with Crippen LogP contribution in [0.2, 0.25) is 0 Å². The van der Waals surface area contributed by atoms with Crippen LogP contribution in [0.3, 0.4) is 0 Å². The van der Waals surface area contributed by atoms with Crippen molar-refractivity contribution in [3.8, 4) is 0 Å². The smallest absolute Gasteiger partial charge is 0.233 e. The van der Waals surface area contributed by atoms with E-state index in [-0.39, 0.29) is 5.41 Å². The van der Waals surface area contributed by atoms with Crippen LogP contribution >= 0.6 is 0 Å². The molecule has 1 aliphatic heterocycles. The Hall–Kier alpha value is -1.35. The number of amides is 1. The van der Waals surface area contributed by atoms with Gasteiger partial charge in [0.15, 0.2) is 0 Å². The molecule has 0 bridgehead atoms. The average Bonchev–Trinajstić information content (AvgIpc) is 3.15. The Kier molecular flexibility index (Phi) is 3.79. The summed E-state index contributed by atoms with van der Waals surface area (Å²) in [5, 5.41) is 3.49. The zero-order valence-electron chi connectivity index (χ0n) is 12.3. The van der Waals surface area contributed by atoms with E-state index in [1.165, 1.54) is 18.4 Å². The number of nitrogens with zero attached hydrogens (tertiary/aromatic N) is 1. The van der Waals surface area contributed by atoms with E-state index < -0.39 is 0 Å². The Morgan fingerprint density at radius 1 is 1.35 bits per heavy atom. The van der Waals surface area contributed by atoms with Crippen LogP contribution < -0.4 is 5.32 Å². The van der Waals surface area contributed by atoms with Crippen LogP contribution in [-0.2, 0) is 10.2 Å². The van der Waals surface area contributed by atoms with Gasteiger partial charge in [0.2, 0.25) is 5.91 Å². The fraction of sp³-hybridized carbons (Fsp3) is 0.588. The minimum absolute atomic E-state index is 0.212. The van der Waals surface area contributed by atoms with E-state index in [9.17, 15) is 4.79 Å². The molecular formula is C17H24N2O. The Labute approximate surface area is 121 Å². The van der Waals surface area contributed by atoms with Crippen molar-refractivity contribution in [1.82, 2.24) is 10.2 Å². The summed E-state index contributed by atoms with van der Waals surface area (Å²) in [7, 11) is 0. The molecule has 3 rings (SSSR count). The van der Waals surface area contributed by atoms with Gasteiger partial charge in [0.1, 0.15) is 0 Å². The van der Waals surface area contributed by atoms with Crippen molar-refractivity contribution in [2.45, 2.75) is 44.1 Å². The van der Waals surface area contributed by atoms with E-state index in [0.29, 0.717) is 11.9 Å². The van der Waals surface area contributed by atoms with Gasteiger partial charge >= 0.3 is 0 Å². The summed E-state index contributed by atoms with van der Waals surface area (Å²) < 4.78 is 0. The minimum Gasteiger partial charge on any atom is -0.341 e. The van der Waals surface area contributed by atoms with Crippen LogP contribution in [0.25, 0.3) is 0 Å².